The lowest BCUT2D eigenvalue weighted by molar-refractivity contribution is 0.386. The van der Waals surface area contributed by atoms with E-state index in [2.05, 4.69) is 36.4 Å². The number of benzene rings is 1. The molecule has 1 aromatic rings. The van der Waals surface area contributed by atoms with E-state index in [0.717, 1.165) is 17.9 Å². The Balaban J connectivity index is 2.48. The molecule has 1 atom stereocenters. The van der Waals surface area contributed by atoms with Gasteiger partial charge in [0.15, 0.2) is 17.5 Å². The molecule has 5 heteroatoms. The second-order valence-corrected chi connectivity index (χ2v) is 5.91. The van der Waals surface area contributed by atoms with Gasteiger partial charge < -0.3 is 15.4 Å². The van der Waals surface area contributed by atoms with E-state index in [1.165, 1.54) is 19.6 Å². The summed E-state index contributed by atoms with van der Waals surface area (Å²) >= 11 is 0. The highest BCUT2D eigenvalue weighted by Crippen LogP contribution is 2.17. The molecule has 0 saturated heterocycles. The van der Waals surface area contributed by atoms with Crippen LogP contribution in [0.3, 0.4) is 0 Å². The van der Waals surface area contributed by atoms with Crippen molar-refractivity contribution in [2.45, 2.75) is 46.2 Å². The van der Waals surface area contributed by atoms with Gasteiger partial charge in [-0.05, 0) is 43.4 Å². The van der Waals surface area contributed by atoms with Crippen LogP contribution in [0.15, 0.2) is 23.2 Å². The third-order valence-electron chi connectivity index (χ3n) is 3.46. The van der Waals surface area contributed by atoms with Gasteiger partial charge in [-0.25, -0.2) is 4.39 Å². The monoisotopic (exact) mass is 309 g/mol. The average Bonchev–Trinajstić information content (AvgIpc) is 2.49. The van der Waals surface area contributed by atoms with E-state index in [1.54, 1.807) is 13.1 Å². The zero-order valence-electron chi connectivity index (χ0n) is 14.2. The number of hydrogen-bond donors (Lipinski definition) is 2. The first-order valence-corrected chi connectivity index (χ1v) is 7.75. The number of methoxy groups -OCH3 is 1. The Kier molecular flexibility index (Phi) is 7.71. The Labute approximate surface area is 133 Å². The van der Waals surface area contributed by atoms with E-state index in [0.29, 0.717) is 18.5 Å². The predicted molar refractivity (Wildman–Crippen MR) is 89.8 cm³/mol. The Morgan fingerprint density at radius 1 is 1.27 bits per heavy atom. The van der Waals surface area contributed by atoms with Crippen molar-refractivity contribution in [2.75, 3.05) is 14.2 Å². The summed E-state index contributed by atoms with van der Waals surface area (Å²) in [6.07, 6.45) is 2.27. The van der Waals surface area contributed by atoms with Crippen LogP contribution in [0.1, 0.15) is 39.2 Å². The molecule has 0 saturated carbocycles. The fourth-order valence-corrected chi connectivity index (χ4v) is 2.09. The molecule has 0 radical (unpaired) electrons. The summed E-state index contributed by atoms with van der Waals surface area (Å²) in [4.78, 5) is 4.20. The maximum Gasteiger partial charge on any atom is 0.191 e. The van der Waals surface area contributed by atoms with Gasteiger partial charge >= 0.3 is 0 Å². The summed E-state index contributed by atoms with van der Waals surface area (Å²) in [5.41, 5.74) is 0.844. The zero-order chi connectivity index (χ0) is 16.5. The minimum absolute atomic E-state index is 0.258. The van der Waals surface area contributed by atoms with Crippen LogP contribution in [0.5, 0.6) is 5.75 Å². The molecule has 0 amide bonds. The molecule has 22 heavy (non-hydrogen) atoms. The average molecular weight is 309 g/mol. The molecule has 0 bridgehead atoms. The minimum atomic E-state index is -0.352. The van der Waals surface area contributed by atoms with E-state index in [1.807, 2.05) is 6.07 Å². The van der Waals surface area contributed by atoms with Crippen LogP contribution in [0.4, 0.5) is 4.39 Å². The van der Waals surface area contributed by atoms with Gasteiger partial charge in [0.1, 0.15) is 0 Å². The van der Waals surface area contributed by atoms with Crippen LogP contribution in [0.2, 0.25) is 0 Å². The van der Waals surface area contributed by atoms with E-state index in [4.69, 9.17) is 4.74 Å². The van der Waals surface area contributed by atoms with Crippen molar-refractivity contribution in [1.82, 2.24) is 10.6 Å². The Morgan fingerprint density at radius 3 is 2.55 bits per heavy atom. The van der Waals surface area contributed by atoms with Gasteiger partial charge in [0.2, 0.25) is 0 Å². The number of halogens is 1. The summed E-state index contributed by atoms with van der Waals surface area (Å²) < 4.78 is 18.6. The number of nitrogens with zero attached hydrogens (tertiary/aromatic N) is 1. The summed E-state index contributed by atoms with van der Waals surface area (Å²) in [6, 6.07) is 5.29. The second-order valence-electron chi connectivity index (χ2n) is 5.91. The van der Waals surface area contributed by atoms with Crippen LogP contribution in [0.25, 0.3) is 0 Å². The van der Waals surface area contributed by atoms with Gasteiger partial charge in [0.05, 0.1) is 7.11 Å². The lowest BCUT2D eigenvalue weighted by Gasteiger charge is -2.18. The van der Waals surface area contributed by atoms with Crippen molar-refractivity contribution in [3.63, 3.8) is 0 Å². The Morgan fingerprint density at radius 2 is 2.00 bits per heavy atom. The van der Waals surface area contributed by atoms with Gasteiger partial charge in [-0.1, -0.05) is 19.9 Å². The highest BCUT2D eigenvalue weighted by atomic mass is 19.1. The first-order chi connectivity index (χ1) is 10.5. The van der Waals surface area contributed by atoms with Gasteiger partial charge in [-0.2, -0.15) is 0 Å². The zero-order valence-corrected chi connectivity index (χ0v) is 14.2. The first kappa shape index (κ1) is 18.3. The molecule has 2 N–H and O–H groups in total. The maximum absolute atomic E-state index is 13.6. The van der Waals surface area contributed by atoms with E-state index in [9.17, 15) is 4.39 Å². The van der Waals surface area contributed by atoms with Crippen LogP contribution in [-0.4, -0.2) is 26.2 Å². The summed E-state index contributed by atoms with van der Waals surface area (Å²) in [5, 5.41) is 6.55. The molecule has 0 fully saturated rings. The van der Waals surface area contributed by atoms with Gasteiger partial charge in [0.25, 0.3) is 0 Å². The van der Waals surface area contributed by atoms with Crippen molar-refractivity contribution in [3.05, 3.63) is 29.6 Å². The predicted octanol–water partition coefficient (Wildman–Crippen LogP) is 3.32. The smallest absolute Gasteiger partial charge is 0.191 e. The molecule has 4 nitrogen and oxygen atoms in total. The van der Waals surface area contributed by atoms with Gasteiger partial charge in [-0.15, -0.1) is 0 Å². The minimum Gasteiger partial charge on any atom is -0.494 e. The van der Waals surface area contributed by atoms with Crippen molar-refractivity contribution in [3.8, 4) is 5.75 Å². The molecule has 0 heterocycles. The normalized spacial score (nSPS) is 13.1. The fraction of sp³-hybridized carbons (Fsp3) is 0.588. The number of rotatable bonds is 7. The van der Waals surface area contributed by atoms with E-state index in [-0.39, 0.29) is 11.6 Å². The number of nitrogens with one attached hydrogen (secondary N) is 2. The lowest BCUT2D eigenvalue weighted by Crippen LogP contribution is -2.41. The first-order valence-electron chi connectivity index (χ1n) is 7.75. The van der Waals surface area contributed by atoms with Crippen LogP contribution in [0, 0.1) is 11.7 Å². The molecule has 0 aliphatic rings. The molecule has 1 rings (SSSR count). The number of ether oxygens (including phenoxy) is 1. The number of aliphatic imine (C=N–C) groups is 1. The third kappa shape index (κ3) is 6.33. The molecule has 1 unspecified atom stereocenters. The lowest BCUT2D eigenvalue weighted by atomic mass is 10.0. The SMILES string of the molecule is CN=C(NCc1ccc(OC)c(F)c1)NC(C)CCC(C)C. The number of hydrogen-bond acceptors (Lipinski definition) is 2. The van der Waals surface area contributed by atoms with Crippen molar-refractivity contribution in [2.24, 2.45) is 10.9 Å². The maximum atomic E-state index is 13.6. The standard InChI is InChI=1S/C17H28FN3O/c1-12(2)6-7-13(3)21-17(19-4)20-11-14-8-9-16(22-5)15(18)10-14/h8-10,12-13H,6-7,11H2,1-5H3,(H2,19,20,21). The Bertz CT molecular complexity index is 489. The van der Waals surface area contributed by atoms with Crippen molar-refractivity contribution >= 4 is 5.96 Å². The molecule has 0 aliphatic carbocycles. The van der Waals surface area contributed by atoms with Crippen LogP contribution in [-0.2, 0) is 6.54 Å². The molecule has 124 valence electrons. The van der Waals surface area contributed by atoms with Crippen molar-refractivity contribution in [1.29, 1.82) is 0 Å². The van der Waals surface area contributed by atoms with E-state index >= 15 is 0 Å². The number of guanidine groups is 1. The topological polar surface area (TPSA) is 45.7 Å². The van der Waals surface area contributed by atoms with Gasteiger partial charge in [-0.3, -0.25) is 4.99 Å². The molecule has 0 spiro atoms. The van der Waals surface area contributed by atoms with Crippen LogP contribution < -0.4 is 15.4 Å². The molecular weight excluding hydrogens is 281 g/mol. The largest absolute Gasteiger partial charge is 0.494 e. The van der Waals surface area contributed by atoms with E-state index < -0.39 is 0 Å². The quantitative estimate of drug-likeness (QED) is 0.600. The molecule has 1 aromatic carbocycles. The molecule has 0 aromatic heterocycles. The summed E-state index contributed by atoms with van der Waals surface area (Å²) in [5.74, 6) is 1.33. The molecule has 0 aliphatic heterocycles. The van der Waals surface area contributed by atoms with Crippen molar-refractivity contribution < 1.29 is 9.13 Å². The fourth-order valence-electron chi connectivity index (χ4n) is 2.09. The summed E-state index contributed by atoms with van der Waals surface area (Å²) in [6.45, 7) is 7.09. The third-order valence-corrected chi connectivity index (χ3v) is 3.46. The highest BCUT2D eigenvalue weighted by Gasteiger charge is 2.07. The second kappa shape index (κ2) is 9.28. The molecular formula is C17H28FN3O. The highest BCUT2D eigenvalue weighted by molar-refractivity contribution is 5.79. The van der Waals surface area contributed by atoms with Gasteiger partial charge in [0, 0.05) is 19.6 Å². The van der Waals surface area contributed by atoms with Crippen LogP contribution >= 0.6 is 0 Å². The summed E-state index contributed by atoms with van der Waals surface area (Å²) in [7, 11) is 3.19. The Hall–Kier alpha value is -1.78.